The first kappa shape index (κ1) is 14.7. The molecule has 1 unspecified atom stereocenters. The molecule has 0 saturated heterocycles. The number of carbonyl (C=O) groups excluding carboxylic acids is 1. The second kappa shape index (κ2) is 7.17. The summed E-state index contributed by atoms with van der Waals surface area (Å²) in [6, 6.07) is 8.42. The van der Waals surface area contributed by atoms with E-state index in [0.29, 0.717) is 18.9 Å². The van der Waals surface area contributed by atoms with Gasteiger partial charge in [-0.05, 0) is 31.0 Å². The normalized spacial score (nSPS) is 12.5. The Labute approximate surface area is 110 Å². The van der Waals surface area contributed by atoms with Crippen LogP contribution in [0.15, 0.2) is 24.3 Å². The summed E-state index contributed by atoms with van der Waals surface area (Å²) in [4.78, 5) is 11.5. The van der Waals surface area contributed by atoms with Crippen LogP contribution in [0.2, 0.25) is 0 Å². The number of hydrogen-bond acceptors (Lipinski definition) is 3. The van der Waals surface area contributed by atoms with Crippen molar-refractivity contribution in [2.24, 2.45) is 0 Å². The fourth-order valence-electron chi connectivity index (χ4n) is 1.89. The molecular formula is C15H23NO2. The SMILES string of the molecule is CCOC(=O)CC(NC)c1ccc(C(C)C)cc1. The third-order valence-electron chi connectivity index (χ3n) is 3.03. The van der Waals surface area contributed by atoms with Crippen molar-refractivity contribution >= 4 is 5.97 Å². The molecule has 0 bridgehead atoms. The van der Waals surface area contributed by atoms with E-state index < -0.39 is 0 Å². The highest BCUT2D eigenvalue weighted by Crippen LogP contribution is 2.20. The van der Waals surface area contributed by atoms with Crippen molar-refractivity contribution in [2.45, 2.75) is 39.2 Å². The van der Waals surface area contributed by atoms with Crippen LogP contribution in [0.5, 0.6) is 0 Å². The zero-order valence-electron chi connectivity index (χ0n) is 11.7. The Balaban J connectivity index is 2.73. The lowest BCUT2D eigenvalue weighted by atomic mass is 9.98. The van der Waals surface area contributed by atoms with E-state index in [2.05, 4.69) is 43.4 Å². The molecule has 1 N–H and O–H groups in total. The molecule has 0 radical (unpaired) electrons. The predicted molar refractivity (Wildman–Crippen MR) is 73.6 cm³/mol. The zero-order valence-corrected chi connectivity index (χ0v) is 11.7. The number of carbonyl (C=O) groups is 1. The Kier molecular flexibility index (Phi) is 5.86. The quantitative estimate of drug-likeness (QED) is 0.788. The maximum Gasteiger partial charge on any atom is 0.307 e. The summed E-state index contributed by atoms with van der Waals surface area (Å²) in [5.74, 6) is 0.363. The van der Waals surface area contributed by atoms with Crippen molar-refractivity contribution < 1.29 is 9.53 Å². The van der Waals surface area contributed by atoms with Crippen LogP contribution in [0.4, 0.5) is 0 Å². The lowest BCUT2D eigenvalue weighted by molar-refractivity contribution is -0.143. The lowest BCUT2D eigenvalue weighted by Crippen LogP contribution is -2.21. The monoisotopic (exact) mass is 249 g/mol. The maximum atomic E-state index is 11.5. The molecule has 0 aromatic heterocycles. The van der Waals surface area contributed by atoms with Crippen LogP contribution in [0.3, 0.4) is 0 Å². The summed E-state index contributed by atoms with van der Waals surface area (Å²) in [6.07, 6.45) is 0.366. The highest BCUT2D eigenvalue weighted by Gasteiger charge is 2.15. The van der Waals surface area contributed by atoms with Crippen LogP contribution >= 0.6 is 0 Å². The highest BCUT2D eigenvalue weighted by atomic mass is 16.5. The van der Waals surface area contributed by atoms with Crippen LogP contribution in [0, 0.1) is 0 Å². The summed E-state index contributed by atoms with van der Waals surface area (Å²) in [5, 5.41) is 3.16. The molecule has 0 fully saturated rings. The standard InChI is InChI=1S/C15H23NO2/c1-5-18-15(17)10-14(16-4)13-8-6-12(7-9-13)11(2)3/h6-9,11,14,16H,5,10H2,1-4H3. The highest BCUT2D eigenvalue weighted by molar-refractivity contribution is 5.70. The summed E-state index contributed by atoms with van der Waals surface area (Å²) in [7, 11) is 1.86. The van der Waals surface area contributed by atoms with Gasteiger partial charge < -0.3 is 10.1 Å². The molecule has 0 aliphatic carbocycles. The fourth-order valence-corrected chi connectivity index (χ4v) is 1.89. The third-order valence-corrected chi connectivity index (χ3v) is 3.03. The third kappa shape index (κ3) is 4.15. The number of rotatable bonds is 6. The number of benzene rings is 1. The van der Waals surface area contributed by atoms with Crippen molar-refractivity contribution in [2.75, 3.05) is 13.7 Å². The van der Waals surface area contributed by atoms with Crippen molar-refractivity contribution in [3.63, 3.8) is 0 Å². The zero-order chi connectivity index (χ0) is 13.5. The van der Waals surface area contributed by atoms with Crippen LogP contribution < -0.4 is 5.32 Å². The van der Waals surface area contributed by atoms with Crippen LogP contribution in [-0.2, 0) is 9.53 Å². The predicted octanol–water partition coefficient (Wildman–Crippen LogP) is 3.02. The van der Waals surface area contributed by atoms with E-state index in [1.165, 1.54) is 5.56 Å². The number of ether oxygens (including phenoxy) is 1. The average Bonchev–Trinajstić information content (AvgIpc) is 2.36. The van der Waals surface area contributed by atoms with E-state index >= 15 is 0 Å². The topological polar surface area (TPSA) is 38.3 Å². The molecule has 1 rings (SSSR count). The van der Waals surface area contributed by atoms with Gasteiger partial charge in [0, 0.05) is 6.04 Å². The van der Waals surface area contributed by atoms with E-state index in [1.54, 1.807) is 0 Å². The second-order valence-corrected chi connectivity index (χ2v) is 4.67. The van der Waals surface area contributed by atoms with E-state index in [0.717, 1.165) is 5.56 Å². The van der Waals surface area contributed by atoms with Crippen molar-refractivity contribution in [3.05, 3.63) is 35.4 Å². The molecule has 0 saturated carbocycles. The largest absolute Gasteiger partial charge is 0.466 e. The first-order valence-electron chi connectivity index (χ1n) is 6.51. The molecule has 100 valence electrons. The van der Waals surface area contributed by atoms with Crippen LogP contribution in [-0.4, -0.2) is 19.6 Å². The minimum Gasteiger partial charge on any atom is -0.466 e. The van der Waals surface area contributed by atoms with Gasteiger partial charge in [0.2, 0.25) is 0 Å². The Morgan fingerprint density at radius 1 is 1.22 bits per heavy atom. The number of esters is 1. The molecule has 3 heteroatoms. The molecule has 0 aliphatic rings. The molecule has 1 aromatic carbocycles. The van der Waals surface area contributed by atoms with Gasteiger partial charge in [-0.1, -0.05) is 38.1 Å². The van der Waals surface area contributed by atoms with Gasteiger partial charge in [-0.2, -0.15) is 0 Å². The van der Waals surface area contributed by atoms with Crippen LogP contribution in [0.1, 0.15) is 50.3 Å². The van der Waals surface area contributed by atoms with Gasteiger partial charge >= 0.3 is 5.97 Å². The smallest absolute Gasteiger partial charge is 0.307 e. The number of hydrogen-bond donors (Lipinski definition) is 1. The van der Waals surface area contributed by atoms with Crippen molar-refractivity contribution in [1.82, 2.24) is 5.32 Å². The Morgan fingerprint density at radius 3 is 2.22 bits per heavy atom. The van der Waals surface area contributed by atoms with E-state index in [-0.39, 0.29) is 12.0 Å². The molecule has 1 aromatic rings. The Hall–Kier alpha value is -1.35. The van der Waals surface area contributed by atoms with Crippen molar-refractivity contribution in [3.8, 4) is 0 Å². The summed E-state index contributed by atoms with van der Waals surface area (Å²) >= 11 is 0. The van der Waals surface area contributed by atoms with E-state index in [4.69, 9.17) is 4.74 Å². The lowest BCUT2D eigenvalue weighted by Gasteiger charge is -2.16. The van der Waals surface area contributed by atoms with Crippen molar-refractivity contribution in [1.29, 1.82) is 0 Å². The first-order chi connectivity index (χ1) is 8.58. The molecule has 0 spiro atoms. The molecule has 0 aliphatic heterocycles. The molecule has 18 heavy (non-hydrogen) atoms. The Morgan fingerprint density at radius 2 is 1.78 bits per heavy atom. The second-order valence-electron chi connectivity index (χ2n) is 4.67. The van der Waals surface area contributed by atoms with Gasteiger partial charge in [-0.3, -0.25) is 4.79 Å². The van der Waals surface area contributed by atoms with Gasteiger partial charge in [0.1, 0.15) is 0 Å². The van der Waals surface area contributed by atoms with Gasteiger partial charge in [0.15, 0.2) is 0 Å². The minimum atomic E-state index is -0.162. The minimum absolute atomic E-state index is 0.0188. The van der Waals surface area contributed by atoms with Crippen LogP contribution in [0.25, 0.3) is 0 Å². The van der Waals surface area contributed by atoms with E-state index in [9.17, 15) is 4.79 Å². The van der Waals surface area contributed by atoms with E-state index in [1.807, 2.05) is 14.0 Å². The maximum absolute atomic E-state index is 11.5. The summed E-state index contributed by atoms with van der Waals surface area (Å²) < 4.78 is 4.98. The average molecular weight is 249 g/mol. The van der Waals surface area contributed by atoms with Gasteiger partial charge in [0.05, 0.1) is 13.0 Å². The Bertz CT molecular complexity index is 371. The molecule has 3 nitrogen and oxygen atoms in total. The first-order valence-corrected chi connectivity index (χ1v) is 6.51. The molecule has 1 atom stereocenters. The molecule has 0 heterocycles. The number of nitrogens with one attached hydrogen (secondary N) is 1. The summed E-state index contributed by atoms with van der Waals surface area (Å²) in [6.45, 7) is 6.59. The van der Waals surface area contributed by atoms with Gasteiger partial charge in [-0.25, -0.2) is 0 Å². The molecule has 0 amide bonds. The fraction of sp³-hybridized carbons (Fsp3) is 0.533. The molecular weight excluding hydrogens is 226 g/mol. The van der Waals surface area contributed by atoms with Gasteiger partial charge in [-0.15, -0.1) is 0 Å². The van der Waals surface area contributed by atoms with Gasteiger partial charge in [0.25, 0.3) is 0 Å². The summed E-state index contributed by atoms with van der Waals surface area (Å²) in [5.41, 5.74) is 2.43.